The number of halogens is 2. The van der Waals surface area contributed by atoms with Gasteiger partial charge in [0.15, 0.2) is 0 Å². The summed E-state index contributed by atoms with van der Waals surface area (Å²) in [7, 11) is 1.63. The van der Waals surface area contributed by atoms with Crippen molar-refractivity contribution in [1.82, 2.24) is 4.90 Å². The lowest BCUT2D eigenvalue weighted by molar-refractivity contribution is -0.140. The lowest BCUT2D eigenvalue weighted by Crippen LogP contribution is -2.35. The van der Waals surface area contributed by atoms with Gasteiger partial charge in [-0.2, -0.15) is 0 Å². The topological polar surface area (TPSA) is 29.5 Å². The van der Waals surface area contributed by atoms with Crippen LogP contribution in [0.2, 0.25) is 5.02 Å². The molecule has 1 atom stereocenters. The molecule has 0 N–H and O–H groups in total. The van der Waals surface area contributed by atoms with E-state index in [-0.39, 0.29) is 18.6 Å². The van der Waals surface area contributed by atoms with E-state index in [1.54, 1.807) is 19.2 Å². The van der Waals surface area contributed by atoms with Crippen molar-refractivity contribution >= 4 is 17.5 Å². The van der Waals surface area contributed by atoms with E-state index in [1.807, 2.05) is 0 Å². The van der Waals surface area contributed by atoms with Crippen LogP contribution in [-0.4, -0.2) is 30.6 Å². The first-order valence-corrected chi connectivity index (χ1v) is 6.27. The zero-order valence-corrected chi connectivity index (χ0v) is 10.9. The average Bonchev–Trinajstić information content (AvgIpc) is 2.86. The molecule has 98 valence electrons. The maximum absolute atomic E-state index is 13.6. The normalized spacial score (nSPS) is 18.9. The first-order chi connectivity index (χ1) is 8.59. The standard InChI is InChI=1S/C13H15ClFNO2/c1-16(13(17)12-6-3-7-18-12)8-9-10(14)4-2-5-11(9)15/h2,4-5,12H,3,6-8H2,1H3. The van der Waals surface area contributed by atoms with Gasteiger partial charge in [0.05, 0.1) is 0 Å². The van der Waals surface area contributed by atoms with Crippen LogP contribution in [-0.2, 0) is 16.1 Å². The number of nitrogens with zero attached hydrogens (tertiary/aromatic N) is 1. The van der Waals surface area contributed by atoms with Crippen molar-refractivity contribution < 1.29 is 13.9 Å². The fraction of sp³-hybridized carbons (Fsp3) is 0.462. The maximum atomic E-state index is 13.6. The number of amides is 1. The van der Waals surface area contributed by atoms with Crippen LogP contribution in [0.4, 0.5) is 4.39 Å². The Kier molecular flexibility index (Phi) is 4.19. The number of ether oxygens (including phenoxy) is 1. The minimum atomic E-state index is -0.394. The number of hydrogen-bond donors (Lipinski definition) is 0. The van der Waals surface area contributed by atoms with E-state index in [0.29, 0.717) is 17.2 Å². The highest BCUT2D eigenvalue weighted by Gasteiger charge is 2.27. The van der Waals surface area contributed by atoms with Crippen LogP contribution in [0.25, 0.3) is 0 Å². The van der Waals surface area contributed by atoms with Crippen molar-refractivity contribution in [3.8, 4) is 0 Å². The molecule has 1 heterocycles. The molecule has 0 saturated carbocycles. The Bertz CT molecular complexity index is 426. The van der Waals surface area contributed by atoms with Gasteiger partial charge in [-0.05, 0) is 25.0 Å². The zero-order chi connectivity index (χ0) is 13.1. The summed E-state index contributed by atoms with van der Waals surface area (Å²) >= 11 is 5.93. The van der Waals surface area contributed by atoms with Crippen molar-refractivity contribution in [2.75, 3.05) is 13.7 Å². The van der Waals surface area contributed by atoms with Gasteiger partial charge < -0.3 is 9.64 Å². The fourth-order valence-corrected chi connectivity index (χ4v) is 2.24. The van der Waals surface area contributed by atoms with Gasteiger partial charge in [-0.25, -0.2) is 4.39 Å². The lowest BCUT2D eigenvalue weighted by Gasteiger charge is -2.21. The Balaban J connectivity index is 2.06. The highest BCUT2D eigenvalue weighted by Crippen LogP contribution is 2.22. The highest BCUT2D eigenvalue weighted by atomic mass is 35.5. The van der Waals surface area contributed by atoms with Gasteiger partial charge in [-0.15, -0.1) is 0 Å². The van der Waals surface area contributed by atoms with E-state index in [0.717, 1.165) is 12.8 Å². The number of hydrogen-bond acceptors (Lipinski definition) is 2. The molecule has 1 aliphatic heterocycles. The van der Waals surface area contributed by atoms with E-state index in [1.165, 1.54) is 11.0 Å². The van der Waals surface area contributed by atoms with Crippen LogP contribution in [0.1, 0.15) is 18.4 Å². The molecule has 1 aliphatic rings. The average molecular weight is 272 g/mol. The molecule has 0 radical (unpaired) electrons. The summed E-state index contributed by atoms with van der Waals surface area (Å²) in [5.74, 6) is -0.513. The Hall–Kier alpha value is -1.13. The minimum absolute atomic E-state index is 0.119. The predicted octanol–water partition coefficient (Wildman–Crippen LogP) is 2.62. The monoisotopic (exact) mass is 271 g/mol. The molecule has 1 aromatic carbocycles. The van der Waals surface area contributed by atoms with Crippen molar-refractivity contribution in [2.24, 2.45) is 0 Å². The van der Waals surface area contributed by atoms with Gasteiger partial charge in [0.1, 0.15) is 11.9 Å². The molecule has 1 fully saturated rings. The Morgan fingerprint density at radius 1 is 1.61 bits per heavy atom. The van der Waals surface area contributed by atoms with Gasteiger partial charge in [0.25, 0.3) is 5.91 Å². The molecule has 0 aliphatic carbocycles. The molecule has 5 heteroatoms. The SMILES string of the molecule is CN(Cc1c(F)cccc1Cl)C(=O)C1CCCO1. The molecule has 0 aromatic heterocycles. The Morgan fingerprint density at radius 2 is 2.39 bits per heavy atom. The number of rotatable bonds is 3. The van der Waals surface area contributed by atoms with Gasteiger partial charge in [-0.1, -0.05) is 17.7 Å². The van der Waals surface area contributed by atoms with Crippen molar-refractivity contribution in [3.63, 3.8) is 0 Å². The summed E-state index contributed by atoms with van der Waals surface area (Å²) in [4.78, 5) is 13.5. The predicted molar refractivity (Wildman–Crippen MR) is 66.9 cm³/mol. The molecule has 1 amide bonds. The number of carbonyl (C=O) groups excluding carboxylic acids is 1. The van der Waals surface area contributed by atoms with E-state index < -0.39 is 5.82 Å². The van der Waals surface area contributed by atoms with Crippen LogP contribution < -0.4 is 0 Å². The van der Waals surface area contributed by atoms with Gasteiger partial charge in [-0.3, -0.25) is 4.79 Å². The Labute approximate surface area is 110 Å². The van der Waals surface area contributed by atoms with Crippen LogP contribution in [0, 0.1) is 5.82 Å². The van der Waals surface area contributed by atoms with E-state index in [9.17, 15) is 9.18 Å². The zero-order valence-electron chi connectivity index (χ0n) is 10.2. The van der Waals surface area contributed by atoms with Crippen LogP contribution in [0.15, 0.2) is 18.2 Å². The van der Waals surface area contributed by atoms with Gasteiger partial charge >= 0.3 is 0 Å². The molecule has 3 nitrogen and oxygen atoms in total. The molecule has 1 unspecified atom stereocenters. The summed E-state index contributed by atoms with van der Waals surface area (Å²) in [6.45, 7) is 0.773. The van der Waals surface area contributed by atoms with Gasteiger partial charge in [0.2, 0.25) is 0 Å². The first-order valence-electron chi connectivity index (χ1n) is 5.89. The van der Waals surface area contributed by atoms with Crippen molar-refractivity contribution in [1.29, 1.82) is 0 Å². The molecule has 1 aromatic rings. The number of likely N-dealkylation sites (N-methyl/N-ethyl adjacent to an activating group) is 1. The van der Waals surface area contributed by atoms with Crippen LogP contribution in [0.3, 0.4) is 0 Å². The smallest absolute Gasteiger partial charge is 0.251 e. The summed E-state index contributed by atoms with van der Waals surface area (Å²) in [5, 5.41) is 0.335. The molecule has 1 saturated heterocycles. The number of benzene rings is 1. The second-order valence-electron chi connectivity index (χ2n) is 4.40. The number of carbonyl (C=O) groups is 1. The fourth-order valence-electron chi connectivity index (χ4n) is 2.02. The van der Waals surface area contributed by atoms with E-state index in [4.69, 9.17) is 16.3 Å². The molecule has 0 bridgehead atoms. The van der Waals surface area contributed by atoms with E-state index in [2.05, 4.69) is 0 Å². The van der Waals surface area contributed by atoms with Crippen molar-refractivity contribution in [2.45, 2.75) is 25.5 Å². The second kappa shape index (κ2) is 5.67. The third-order valence-electron chi connectivity index (χ3n) is 3.04. The Morgan fingerprint density at radius 3 is 3.00 bits per heavy atom. The quantitative estimate of drug-likeness (QED) is 0.846. The van der Waals surface area contributed by atoms with E-state index >= 15 is 0 Å². The lowest BCUT2D eigenvalue weighted by atomic mass is 10.1. The summed E-state index contributed by atoms with van der Waals surface area (Å²) in [6, 6.07) is 4.50. The summed E-state index contributed by atoms with van der Waals surface area (Å²) < 4.78 is 18.9. The molecule has 2 rings (SSSR count). The minimum Gasteiger partial charge on any atom is -0.368 e. The third-order valence-corrected chi connectivity index (χ3v) is 3.39. The first kappa shape index (κ1) is 13.3. The second-order valence-corrected chi connectivity index (χ2v) is 4.80. The van der Waals surface area contributed by atoms with Crippen LogP contribution in [0.5, 0.6) is 0 Å². The largest absolute Gasteiger partial charge is 0.368 e. The van der Waals surface area contributed by atoms with Crippen molar-refractivity contribution in [3.05, 3.63) is 34.6 Å². The molecule has 18 heavy (non-hydrogen) atoms. The molecular formula is C13H15ClFNO2. The summed E-state index contributed by atoms with van der Waals surface area (Å²) in [5.41, 5.74) is 0.341. The highest BCUT2D eigenvalue weighted by molar-refractivity contribution is 6.31. The van der Waals surface area contributed by atoms with Crippen LogP contribution >= 0.6 is 11.6 Å². The molecular weight excluding hydrogens is 257 g/mol. The van der Waals surface area contributed by atoms with Gasteiger partial charge in [0, 0.05) is 30.8 Å². The summed E-state index contributed by atoms with van der Waals surface area (Å²) in [6.07, 6.45) is 1.24. The molecule has 0 spiro atoms. The maximum Gasteiger partial charge on any atom is 0.251 e. The third kappa shape index (κ3) is 2.82.